The normalized spacial score (nSPS) is 10.8. The Morgan fingerprint density at radius 3 is 3.00 bits per heavy atom. The van der Waals surface area contributed by atoms with E-state index in [-0.39, 0.29) is 5.56 Å². The van der Waals surface area contributed by atoms with E-state index in [4.69, 9.17) is 5.84 Å². The van der Waals surface area contributed by atoms with Crippen LogP contribution in [0.4, 0.5) is 0 Å². The molecule has 0 unspecified atom stereocenters. The summed E-state index contributed by atoms with van der Waals surface area (Å²) in [6, 6.07) is 3.56. The lowest BCUT2D eigenvalue weighted by Crippen LogP contribution is -2.30. The van der Waals surface area contributed by atoms with Crippen LogP contribution in [0.5, 0.6) is 0 Å². The van der Waals surface area contributed by atoms with Gasteiger partial charge in [-0.05, 0) is 19.1 Å². The first-order chi connectivity index (χ1) is 5.70. The van der Waals surface area contributed by atoms with Crippen molar-refractivity contribution in [1.29, 1.82) is 0 Å². The number of nitrogens with two attached hydrogens (primary N) is 1. The van der Waals surface area contributed by atoms with Gasteiger partial charge in [0, 0.05) is 12.4 Å². The van der Waals surface area contributed by atoms with Crippen molar-refractivity contribution >= 4 is 5.52 Å². The van der Waals surface area contributed by atoms with Crippen LogP contribution in [0.1, 0.15) is 5.69 Å². The summed E-state index contributed by atoms with van der Waals surface area (Å²) in [5.41, 5.74) is 1.17. The molecule has 2 aromatic rings. The lowest BCUT2D eigenvalue weighted by molar-refractivity contribution is 0.863. The molecule has 0 atom stereocenters. The molecule has 2 heterocycles. The zero-order valence-electron chi connectivity index (χ0n) is 6.69. The zero-order chi connectivity index (χ0) is 8.72. The Bertz CT molecular complexity index is 480. The standard InChI is InChI=1S/C8H9N3O/c1-6-5-10-4-2-3-7(10)8(12)11(6)9/h2-5H,9H2,1H3. The highest BCUT2D eigenvalue weighted by atomic mass is 16.1. The van der Waals surface area contributed by atoms with Crippen LogP contribution >= 0.6 is 0 Å². The SMILES string of the molecule is Cc1cn2cccc2c(=O)n1N. The summed E-state index contributed by atoms with van der Waals surface area (Å²) in [4.78, 5) is 11.4. The number of hydrogen-bond donors (Lipinski definition) is 1. The minimum Gasteiger partial charge on any atom is -0.336 e. The molecule has 62 valence electrons. The molecular weight excluding hydrogens is 154 g/mol. The molecule has 2 rings (SSSR count). The van der Waals surface area contributed by atoms with E-state index < -0.39 is 0 Å². The fourth-order valence-corrected chi connectivity index (χ4v) is 1.23. The third-order valence-electron chi connectivity index (χ3n) is 1.92. The lowest BCUT2D eigenvalue weighted by atomic mass is 10.4. The summed E-state index contributed by atoms with van der Waals surface area (Å²) in [5, 5.41) is 0. The van der Waals surface area contributed by atoms with Gasteiger partial charge in [0.25, 0.3) is 5.56 Å². The molecule has 0 fully saturated rings. The second-order valence-corrected chi connectivity index (χ2v) is 2.75. The molecule has 0 spiro atoms. The van der Waals surface area contributed by atoms with E-state index in [1.54, 1.807) is 17.4 Å². The van der Waals surface area contributed by atoms with E-state index in [0.29, 0.717) is 5.52 Å². The van der Waals surface area contributed by atoms with Crippen molar-refractivity contribution in [1.82, 2.24) is 9.08 Å². The Hall–Kier alpha value is -1.71. The molecule has 4 heteroatoms. The largest absolute Gasteiger partial charge is 0.336 e. The van der Waals surface area contributed by atoms with Crippen molar-refractivity contribution in [2.24, 2.45) is 0 Å². The third-order valence-corrected chi connectivity index (χ3v) is 1.92. The minimum absolute atomic E-state index is 0.167. The molecule has 0 bridgehead atoms. The number of nitrogens with zero attached hydrogens (tertiary/aromatic N) is 2. The van der Waals surface area contributed by atoms with Gasteiger partial charge in [0.15, 0.2) is 0 Å². The van der Waals surface area contributed by atoms with Gasteiger partial charge in [-0.2, -0.15) is 0 Å². The van der Waals surface area contributed by atoms with Gasteiger partial charge in [0.2, 0.25) is 0 Å². The molecule has 0 aliphatic carbocycles. The topological polar surface area (TPSA) is 52.4 Å². The Kier molecular flexibility index (Phi) is 1.24. The molecule has 0 aliphatic heterocycles. The van der Waals surface area contributed by atoms with Gasteiger partial charge in [0.1, 0.15) is 5.52 Å². The summed E-state index contributed by atoms with van der Waals surface area (Å²) in [7, 11) is 0. The Balaban J connectivity index is 3.05. The second kappa shape index (κ2) is 2.14. The van der Waals surface area contributed by atoms with E-state index in [9.17, 15) is 4.79 Å². The highest BCUT2D eigenvalue weighted by Gasteiger charge is 2.01. The number of nitrogen functional groups attached to an aromatic ring is 1. The lowest BCUT2D eigenvalue weighted by Gasteiger charge is -2.03. The minimum atomic E-state index is -0.167. The summed E-state index contributed by atoms with van der Waals surface area (Å²) in [6.45, 7) is 1.79. The van der Waals surface area contributed by atoms with Crippen molar-refractivity contribution in [3.63, 3.8) is 0 Å². The van der Waals surface area contributed by atoms with E-state index in [1.807, 2.05) is 18.5 Å². The second-order valence-electron chi connectivity index (χ2n) is 2.75. The van der Waals surface area contributed by atoms with Crippen LogP contribution in [0.2, 0.25) is 0 Å². The summed E-state index contributed by atoms with van der Waals surface area (Å²) in [6.07, 6.45) is 3.64. The number of aryl methyl sites for hydroxylation is 1. The summed E-state index contributed by atoms with van der Waals surface area (Å²) >= 11 is 0. The average molecular weight is 163 g/mol. The van der Waals surface area contributed by atoms with Crippen molar-refractivity contribution in [3.05, 3.63) is 40.6 Å². The molecule has 2 N–H and O–H groups in total. The van der Waals surface area contributed by atoms with Gasteiger partial charge in [0.05, 0.1) is 5.69 Å². The predicted molar refractivity (Wildman–Crippen MR) is 46.5 cm³/mol. The van der Waals surface area contributed by atoms with Crippen LogP contribution in [0.25, 0.3) is 5.52 Å². The summed E-state index contributed by atoms with van der Waals surface area (Å²) < 4.78 is 2.91. The smallest absolute Gasteiger partial charge is 0.293 e. The van der Waals surface area contributed by atoms with Gasteiger partial charge >= 0.3 is 0 Å². The number of rotatable bonds is 0. The molecule has 0 aliphatic rings. The van der Waals surface area contributed by atoms with Crippen LogP contribution in [0.3, 0.4) is 0 Å². The molecule has 0 saturated carbocycles. The Morgan fingerprint density at radius 1 is 1.50 bits per heavy atom. The van der Waals surface area contributed by atoms with Crippen molar-refractivity contribution < 1.29 is 0 Å². The number of aromatic nitrogens is 2. The van der Waals surface area contributed by atoms with Gasteiger partial charge in [-0.3, -0.25) is 4.79 Å². The van der Waals surface area contributed by atoms with Gasteiger partial charge in [-0.1, -0.05) is 0 Å². The first kappa shape index (κ1) is 6.97. The van der Waals surface area contributed by atoms with E-state index >= 15 is 0 Å². The first-order valence-corrected chi connectivity index (χ1v) is 3.64. The van der Waals surface area contributed by atoms with E-state index in [0.717, 1.165) is 10.4 Å². The highest BCUT2D eigenvalue weighted by Crippen LogP contribution is 1.99. The van der Waals surface area contributed by atoms with Gasteiger partial charge < -0.3 is 10.2 Å². The monoisotopic (exact) mass is 163 g/mol. The fraction of sp³-hybridized carbons (Fsp3) is 0.125. The van der Waals surface area contributed by atoms with E-state index in [2.05, 4.69) is 0 Å². The van der Waals surface area contributed by atoms with Crippen LogP contribution < -0.4 is 11.4 Å². The number of hydrogen-bond acceptors (Lipinski definition) is 2. The molecule has 4 nitrogen and oxygen atoms in total. The maximum absolute atomic E-state index is 11.4. The maximum Gasteiger partial charge on any atom is 0.293 e. The highest BCUT2D eigenvalue weighted by molar-refractivity contribution is 5.45. The molecule has 2 aromatic heterocycles. The van der Waals surface area contributed by atoms with Gasteiger partial charge in [-0.25, -0.2) is 4.68 Å². The Morgan fingerprint density at radius 2 is 2.25 bits per heavy atom. The predicted octanol–water partition coefficient (Wildman–Crippen LogP) is 0.123. The van der Waals surface area contributed by atoms with Crippen LogP contribution in [-0.2, 0) is 0 Å². The number of fused-ring (bicyclic) bond motifs is 1. The zero-order valence-corrected chi connectivity index (χ0v) is 6.69. The average Bonchev–Trinajstić information content (AvgIpc) is 2.48. The van der Waals surface area contributed by atoms with Crippen molar-refractivity contribution in [2.75, 3.05) is 5.84 Å². The quantitative estimate of drug-likeness (QED) is 0.561. The van der Waals surface area contributed by atoms with Crippen LogP contribution in [0, 0.1) is 6.92 Å². The Labute approximate surface area is 68.8 Å². The fourth-order valence-electron chi connectivity index (χ4n) is 1.23. The summed E-state index contributed by atoms with van der Waals surface area (Å²) in [5.74, 6) is 5.50. The van der Waals surface area contributed by atoms with Crippen molar-refractivity contribution in [2.45, 2.75) is 6.92 Å². The first-order valence-electron chi connectivity index (χ1n) is 3.64. The third kappa shape index (κ3) is 0.747. The molecule has 12 heavy (non-hydrogen) atoms. The molecule has 0 amide bonds. The molecule has 0 saturated heterocycles. The van der Waals surface area contributed by atoms with Crippen molar-refractivity contribution in [3.8, 4) is 0 Å². The maximum atomic E-state index is 11.4. The van der Waals surface area contributed by atoms with Gasteiger partial charge in [-0.15, -0.1) is 0 Å². The van der Waals surface area contributed by atoms with Crippen LogP contribution in [-0.4, -0.2) is 9.08 Å². The molecular formula is C8H9N3O. The van der Waals surface area contributed by atoms with E-state index in [1.165, 1.54) is 0 Å². The van der Waals surface area contributed by atoms with Crippen LogP contribution in [0.15, 0.2) is 29.3 Å². The molecule has 0 aromatic carbocycles. The molecule has 0 radical (unpaired) electrons.